The van der Waals surface area contributed by atoms with Gasteiger partial charge in [0.15, 0.2) is 11.3 Å². The Hall–Kier alpha value is -3.44. The summed E-state index contributed by atoms with van der Waals surface area (Å²) in [4.78, 5) is 30.4. The molecular formula is C26H29F2N7O3. The Bertz CT molecular complexity index is 1400. The van der Waals surface area contributed by atoms with Crippen LogP contribution in [-0.4, -0.2) is 48.2 Å². The first-order chi connectivity index (χ1) is 18.3. The maximum atomic E-state index is 14.0. The molecule has 3 saturated carbocycles. The number of amides is 2. The number of imidazole rings is 1. The second-order valence-corrected chi connectivity index (χ2v) is 11.6. The third kappa shape index (κ3) is 4.43. The van der Waals surface area contributed by atoms with Crippen LogP contribution in [0.25, 0.3) is 5.65 Å². The van der Waals surface area contributed by atoms with Gasteiger partial charge in [0.05, 0.1) is 24.1 Å². The normalized spacial score (nSPS) is 25.0. The van der Waals surface area contributed by atoms with Crippen LogP contribution in [0.1, 0.15) is 97.2 Å². The van der Waals surface area contributed by atoms with Gasteiger partial charge in [0, 0.05) is 30.2 Å². The highest BCUT2D eigenvalue weighted by Gasteiger charge is 2.52. The molecule has 0 aromatic carbocycles. The number of rotatable bonds is 7. The molecule has 38 heavy (non-hydrogen) atoms. The van der Waals surface area contributed by atoms with E-state index in [1.165, 1.54) is 0 Å². The van der Waals surface area contributed by atoms with Gasteiger partial charge in [-0.15, -0.1) is 0 Å². The first-order valence-corrected chi connectivity index (χ1v) is 13.4. The second kappa shape index (κ2) is 8.54. The lowest BCUT2D eigenvalue weighted by molar-refractivity contribution is -0.122. The average molecular weight is 526 g/mol. The molecule has 1 aliphatic heterocycles. The van der Waals surface area contributed by atoms with Crippen LogP contribution in [0.3, 0.4) is 0 Å². The molecule has 2 N–H and O–H groups in total. The number of nitrogens with zero attached hydrogens (tertiary/aromatic N) is 5. The van der Waals surface area contributed by atoms with Gasteiger partial charge in [-0.2, -0.15) is 5.10 Å². The van der Waals surface area contributed by atoms with Crippen LogP contribution in [0.15, 0.2) is 23.1 Å². The van der Waals surface area contributed by atoms with Crippen molar-refractivity contribution in [3.05, 3.63) is 41.1 Å². The van der Waals surface area contributed by atoms with E-state index in [0.717, 1.165) is 37.7 Å². The third-order valence-electron chi connectivity index (χ3n) is 8.66. The summed E-state index contributed by atoms with van der Waals surface area (Å²) in [5.41, 5.74) is 2.75. The predicted molar refractivity (Wildman–Crippen MR) is 128 cm³/mol. The molecule has 1 saturated heterocycles. The number of hydrogen-bond acceptors (Lipinski definition) is 7. The largest absolute Gasteiger partial charge is 0.350 e. The van der Waals surface area contributed by atoms with Crippen molar-refractivity contribution in [1.82, 2.24) is 35.5 Å². The van der Waals surface area contributed by atoms with Crippen molar-refractivity contribution in [2.45, 2.75) is 87.6 Å². The van der Waals surface area contributed by atoms with E-state index in [9.17, 15) is 18.4 Å². The van der Waals surface area contributed by atoms with Crippen LogP contribution in [0, 0.1) is 11.8 Å². The van der Waals surface area contributed by atoms with E-state index >= 15 is 0 Å². The molecule has 0 bridgehead atoms. The van der Waals surface area contributed by atoms with Crippen LogP contribution >= 0.6 is 0 Å². The molecule has 3 aromatic heterocycles. The van der Waals surface area contributed by atoms with E-state index in [4.69, 9.17) is 9.61 Å². The van der Waals surface area contributed by atoms with Gasteiger partial charge >= 0.3 is 0 Å². The van der Waals surface area contributed by atoms with Gasteiger partial charge in [-0.05, 0) is 74.1 Å². The van der Waals surface area contributed by atoms with Gasteiger partial charge in [0.2, 0.25) is 11.8 Å². The van der Waals surface area contributed by atoms with E-state index in [1.54, 1.807) is 16.9 Å². The van der Waals surface area contributed by atoms with Crippen molar-refractivity contribution in [2.75, 3.05) is 0 Å². The SMILES string of the molecule is O=C(N[C@H](c1cn2ncc(CC3CC4(CC4)NC3=O)cc2n1)C1CCC(F)(F)CC1)c1nonc1C1CC1. The Morgan fingerprint density at radius 3 is 2.68 bits per heavy atom. The first kappa shape index (κ1) is 23.7. The minimum absolute atomic E-state index is 0.0146. The Kier molecular flexibility index (Phi) is 5.31. The maximum Gasteiger partial charge on any atom is 0.276 e. The monoisotopic (exact) mass is 525 g/mol. The lowest BCUT2D eigenvalue weighted by Crippen LogP contribution is -2.37. The van der Waals surface area contributed by atoms with Crippen molar-refractivity contribution in [2.24, 2.45) is 11.8 Å². The Labute approximate surface area is 216 Å². The predicted octanol–water partition coefficient (Wildman–Crippen LogP) is 3.50. The molecule has 3 aromatic rings. The number of carbonyl (C=O) groups excluding carboxylic acids is 2. The minimum Gasteiger partial charge on any atom is -0.350 e. The van der Waals surface area contributed by atoms with Gasteiger partial charge in [-0.3, -0.25) is 9.59 Å². The zero-order valence-corrected chi connectivity index (χ0v) is 20.8. The highest BCUT2D eigenvalue weighted by Crippen LogP contribution is 2.46. The molecule has 10 nitrogen and oxygen atoms in total. The highest BCUT2D eigenvalue weighted by molar-refractivity contribution is 5.93. The maximum absolute atomic E-state index is 14.0. The van der Waals surface area contributed by atoms with E-state index in [1.807, 2.05) is 6.07 Å². The van der Waals surface area contributed by atoms with Crippen molar-refractivity contribution < 1.29 is 23.0 Å². The molecule has 12 heteroatoms. The zero-order valence-electron chi connectivity index (χ0n) is 20.8. The molecule has 2 atom stereocenters. The molecular weight excluding hydrogens is 496 g/mol. The Morgan fingerprint density at radius 2 is 1.97 bits per heavy atom. The van der Waals surface area contributed by atoms with E-state index in [2.05, 4.69) is 26.0 Å². The Balaban J connectivity index is 1.15. The van der Waals surface area contributed by atoms with Crippen LogP contribution in [0.5, 0.6) is 0 Å². The van der Waals surface area contributed by atoms with Crippen molar-refractivity contribution in [1.29, 1.82) is 0 Å². The molecule has 4 aliphatic rings. The van der Waals surface area contributed by atoms with Crippen LogP contribution < -0.4 is 10.6 Å². The van der Waals surface area contributed by atoms with Gasteiger partial charge in [-0.1, -0.05) is 5.16 Å². The van der Waals surface area contributed by atoms with Crippen LogP contribution in [0.2, 0.25) is 0 Å². The zero-order chi connectivity index (χ0) is 26.1. The minimum atomic E-state index is -2.69. The summed E-state index contributed by atoms with van der Waals surface area (Å²) in [6.45, 7) is 0. The first-order valence-electron chi connectivity index (χ1n) is 13.4. The van der Waals surface area contributed by atoms with Gasteiger partial charge in [0.1, 0.15) is 5.69 Å². The molecule has 3 aliphatic carbocycles. The van der Waals surface area contributed by atoms with E-state index in [0.29, 0.717) is 23.5 Å². The number of aromatic nitrogens is 5. The lowest BCUT2D eigenvalue weighted by Gasteiger charge is -2.33. The number of halogens is 2. The van der Waals surface area contributed by atoms with Crippen LogP contribution in [-0.2, 0) is 11.2 Å². The molecule has 200 valence electrons. The summed E-state index contributed by atoms with van der Waals surface area (Å²) < 4.78 is 34.4. The number of hydrogen-bond donors (Lipinski definition) is 2. The highest BCUT2D eigenvalue weighted by atomic mass is 19.3. The topological polar surface area (TPSA) is 127 Å². The fourth-order valence-electron chi connectivity index (χ4n) is 6.12. The summed E-state index contributed by atoms with van der Waals surface area (Å²) in [5.74, 6) is -3.17. The summed E-state index contributed by atoms with van der Waals surface area (Å²) in [6, 6.07) is 1.31. The molecule has 4 heterocycles. The van der Waals surface area contributed by atoms with Crippen molar-refractivity contribution in [3.8, 4) is 0 Å². The van der Waals surface area contributed by atoms with Crippen LogP contribution in [0.4, 0.5) is 8.78 Å². The molecule has 1 spiro atoms. The standard InChI is InChI=1S/C26H29F2N7O3/c27-26(28)5-3-16(4-6-26)20(31-24(37)22-21(15-1-2-15)33-38-34-22)18-13-35-19(30-18)10-14(12-29-35)9-17-11-25(7-8-25)32-23(17)36/h10,12-13,15-17,20H,1-9,11H2,(H,31,37)(H,32,36)/t17?,20-/m0/s1. The number of carbonyl (C=O) groups is 2. The summed E-state index contributed by atoms with van der Waals surface area (Å²) in [7, 11) is 0. The molecule has 2 amide bonds. The Morgan fingerprint density at radius 1 is 1.18 bits per heavy atom. The fraction of sp³-hybridized carbons (Fsp3) is 0.615. The van der Waals surface area contributed by atoms with Gasteiger partial charge < -0.3 is 10.6 Å². The number of nitrogens with one attached hydrogen (secondary N) is 2. The summed E-state index contributed by atoms with van der Waals surface area (Å²) in [6.07, 6.45) is 8.91. The second-order valence-electron chi connectivity index (χ2n) is 11.6. The van der Waals surface area contributed by atoms with Gasteiger partial charge in [-0.25, -0.2) is 22.9 Å². The summed E-state index contributed by atoms with van der Waals surface area (Å²) in [5, 5.41) is 18.4. The average Bonchev–Trinajstić information content (AvgIpc) is 3.73. The quantitative estimate of drug-likeness (QED) is 0.483. The smallest absolute Gasteiger partial charge is 0.276 e. The summed E-state index contributed by atoms with van der Waals surface area (Å²) >= 11 is 0. The molecule has 4 fully saturated rings. The third-order valence-corrected chi connectivity index (χ3v) is 8.66. The van der Waals surface area contributed by atoms with E-state index in [-0.39, 0.29) is 60.6 Å². The van der Waals surface area contributed by atoms with Crippen molar-refractivity contribution in [3.63, 3.8) is 0 Å². The molecule has 1 unspecified atom stereocenters. The molecule has 0 radical (unpaired) electrons. The lowest BCUT2D eigenvalue weighted by atomic mass is 9.81. The fourth-order valence-corrected chi connectivity index (χ4v) is 6.12. The number of fused-ring (bicyclic) bond motifs is 1. The number of alkyl halides is 2. The van der Waals surface area contributed by atoms with E-state index < -0.39 is 17.9 Å². The van der Waals surface area contributed by atoms with Crippen molar-refractivity contribution >= 4 is 17.5 Å². The molecule has 7 rings (SSSR count). The van der Waals surface area contributed by atoms with Gasteiger partial charge in [0.25, 0.3) is 5.91 Å².